The number of aryl methyl sites for hydroxylation is 4. The molecule has 0 fully saturated rings. The second-order valence-corrected chi connectivity index (χ2v) is 23.5. The van der Waals surface area contributed by atoms with Crippen LogP contribution in [0.15, 0.2) is 239 Å². The number of carbonyl (C=O) groups is 1. The molecule has 0 aliphatic heterocycles. The molecule has 0 saturated heterocycles. The molecular weight excluding hydrogens is 1260 g/mol. The summed E-state index contributed by atoms with van der Waals surface area (Å²) in [5.41, 5.74) is 6.29. The fourth-order valence-corrected chi connectivity index (χ4v) is 9.61. The topological polar surface area (TPSA) is 407 Å². The van der Waals surface area contributed by atoms with Crippen molar-refractivity contribution in [1.82, 2.24) is 0 Å². The van der Waals surface area contributed by atoms with Gasteiger partial charge in [-0.05, 0) is 208 Å². The van der Waals surface area contributed by atoms with Gasteiger partial charge in [-0.3, -0.25) is 18.2 Å². The van der Waals surface area contributed by atoms with Gasteiger partial charge in [-0.1, -0.05) is 0 Å². The minimum Gasteiger partial charge on any atom is -0.308 e. The number of amides is 2. The van der Waals surface area contributed by atoms with E-state index < -0.39 is 56.3 Å². The Hall–Kier alpha value is -5.73. The van der Waals surface area contributed by atoms with Gasteiger partial charge in [-0.25, -0.2) is 4.79 Å². The van der Waals surface area contributed by atoms with E-state index in [9.17, 15) is 47.6 Å². The van der Waals surface area contributed by atoms with Crippen LogP contribution in [0.2, 0.25) is 0 Å². The summed E-state index contributed by atoms with van der Waals surface area (Å²) in [6, 6.07) is 36.3. The molecule has 0 unspecified atom stereocenters. The second kappa shape index (κ2) is 32.3. The van der Waals surface area contributed by atoms with E-state index in [-0.39, 0.29) is 162 Å². The van der Waals surface area contributed by atoms with E-state index in [0.29, 0.717) is 67.8 Å². The van der Waals surface area contributed by atoms with Crippen LogP contribution in [0.25, 0.3) is 0 Å². The first-order chi connectivity index (χ1) is 39.6. The Bertz CT molecular complexity index is 4300. The Balaban J connectivity index is 0.00000414. The molecule has 0 atom stereocenters. The van der Waals surface area contributed by atoms with Gasteiger partial charge in [-0.2, -0.15) is 84.8 Å². The number of hydrogen-bond acceptors (Lipinski definition) is 21. The quantitative estimate of drug-likeness (QED) is 0.0265. The van der Waals surface area contributed by atoms with Crippen LogP contribution in [-0.4, -0.2) is 176 Å². The van der Waals surface area contributed by atoms with Gasteiger partial charge in [0.2, 0.25) is 0 Å². The van der Waals surface area contributed by atoms with E-state index in [0.717, 1.165) is 36.4 Å². The van der Waals surface area contributed by atoms with Crippen molar-refractivity contribution in [3.8, 4) is 0 Å². The third-order valence-corrected chi connectivity index (χ3v) is 15.1. The Morgan fingerprint density at radius 3 is 0.830 bits per heavy atom. The molecular formula is C53H44N14Na4O13S4. The van der Waals surface area contributed by atoms with Gasteiger partial charge in [0, 0.05) is 130 Å². The van der Waals surface area contributed by atoms with E-state index >= 15 is 0 Å². The third-order valence-electron chi connectivity index (χ3n) is 11.6. The first-order valence-corrected chi connectivity index (χ1v) is 29.8. The van der Waals surface area contributed by atoms with Gasteiger partial charge in [0.15, 0.2) is 0 Å². The van der Waals surface area contributed by atoms with Crippen LogP contribution >= 0.6 is 0 Å². The molecule has 0 bridgehead atoms. The number of nitrogens with one attached hydrogen (secondary N) is 2. The Morgan fingerprint density at radius 1 is 0.295 bits per heavy atom. The van der Waals surface area contributed by atoms with Gasteiger partial charge < -0.3 is 10.6 Å². The van der Waals surface area contributed by atoms with Crippen molar-refractivity contribution >= 4 is 244 Å². The Kier molecular flexibility index (Phi) is 27.5. The van der Waals surface area contributed by atoms with Crippen molar-refractivity contribution in [2.24, 2.45) is 61.4 Å². The number of anilines is 2. The summed E-state index contributed by atoms with van der Waals surface area (Å²) in [5, 5.41) is 55.1. The summed E-state index contributed by atoms with van der Waals surface area (Å²) in [6.45, 7) is 7.05. The summed E-state index contributed by atoms with van der Waals surface area (Å²) < 4.78 is 132. The largest absolute Gasteiger partial charge is 0.323 e. The third kappa shape index (κ3) is 21.2. The van der Waals surface area contributed by atoms with E-state index in [1.54, 1.807) is 100 Å². The molecule has 0 heterocycles. The van der Waals surface area contributed by atoms with Gasteiger partial charge >= 0.3 is 6.03 Å². The summed E-state index contributed by atoms with van der Waals surface area (Å²) in [5.74, 6) is 0. The van der Waals surface area contributed by atoms with Crippen molar-refractivity contribution in [2.45, 2.75) is 47.3 Å². The zero-order valence-electron chi connectivity index (χ0n) is 48.0. The molecule has 432 valence electrons. The molecule has 8 aromatic carbocycles. The van der Waals surface area contributed by atoms with Crippen molar-refractivity contribution in [3.05, 3.63) is 180 Å². The van der Waals surface area contributed by atoms with Crippen molar-refractivity contribution in [3.63, 3.8) is 0 Å². The molecule has 0 saturated carbocycles. The number of azo groups is 6. The van der Waals surface area contributed by atoms with E-state index in [1.165, 1.54) is 48.5 Å². The molecule has 0 aliphatic rings. The molecule has 35 heteroatoms. The zero-order chi connectivity index (χ0) is 60.6. The molecule has 6 N–H and O–H groups in total. The molecule has 4 radical (unpaired) electrons. The van der Waals surface area contributed by atoms with Crippen molar-refractivity contribution in [2.75, 3.05) is 10.6 Å². The van der Waals surface area contributed by atoms with Crippen LogP contribution < -0.4 is 10.6 Å². The number of nitrogens with zero attached hydrogens (tertiary/aromatic N) is 12. The number of carbonyl (C=O) groups excluding carboxylic acids is 1. The molecule has 2 amide bonds. The van der Waals surface area contributed by atoms with Crippen LogP contribution in [0.4, 0.5) is 84.4 Å². The van der Waals surface area contributed by atoms with Crippen LogP contribution in [0, 0.1) is 27.7 Å². The number of rotatable bonds is 18. The summed E-state index contributed by atoms with van der Waals surface area (Å²) in [6.07, 6.45) is 0. The first-order valence-electron chi connectivity index (χ1n) is 24.0. The predicted octanol–water partition coefficient (Wildman–Crippen LogP) is 14.5. The number of benzene rings is 8. The molecule has 0 aromatic heterocycles. The van der Waals surface area contributed by atoms with Gasteiger partial charge in [0.05, 0.1) is 66.7 Å². The SMILES string of the molecule is Cc1cc(NC(=O)Nc2ccc(N=Nc3ccc(N=Nc4ccc(N=Nc5ccc(S(=O)(=O)O)cc5)cc4S(=O)(=O)O)c(C)c3)c(C)c2)ccc1N=Nc1ccc(N=Nc2ccc(N=Nc3ccc(S(=O)(=O)O)cc3)cc2S(=O)(=O)O)c(C)c1.[Na].[Na].[Na].[Na]. The molecule has 8 aromatic rings. The monoisotopic (exact) mass is 1300 g/mol. The average molecular weight is 1310 g/mol. The van der Waals surface area contributed by atoms with Crippen LogP contribution in [0.3, 0.4) is 0 Å². The molecule has 27 nitrogen and oxygen atoms in total. The summed E-state index contributed by atoms with van der Waals surface area (Å²) >= 11 is 0. The fraction of sp³-hybridized carbons (Fsp3) is 0.0755. The molecule has 88 heavy (non-hydrogen) atoms. The maximum Gasteiger partial charge on any atom is 0.323 e. The fourth-order valence-electron chi connectivity index (χ4n) is 7.36. The number of urea groups is 1. The molecule has 0 aliphatic carbocycles. The summed E-state index contributed by atoms with van der Waals surface area (Å²) in [7, 11) is -18.4. The summed E-state index contributed by atoms with van der Waals surface area (Å²) in [4.78, 5) is 11.2. The van der Waals surface area contributed by atoms with Gasteiger partial charge in [0.25, 0.3) is 40.5 Å². The normalized spacial score (nSPS) is 12.1. The van der Waals surface area contributed by atoms with E-state index in [4.69, 9.17) is 9.11 Å². The first kappa shape index (κ1) is 74.7. The minimum atomic E-state index is -4.80. The Morgan fingerprint density at radius 2 is 0.534 bits per heavy atom. The maximum absolute atomic E-state index is 13.1. The van der Waals surface area contributed by atoms with Crippen molar-refractivity contribution in [1.29, 1.82) is 0 Å². The van der Waals surface area contributed by atoms with Crippen molar-refractivity contribution < 1.29 is 56.7 Å². The van der Waals surface area contributed by atoms with E-state index in [2.05, 4.69) is 72.0 Å². The predicted molar refractivity (Wildman–Crippen MR) is 330 cm³/mol. The maximum atomic E-state index is 13.1. The molecule has 8 rings (SSSR count). The molecule has 0 spiro atoms. The minimum absolute atomic E-state index is 0. The average Bonchev–Trinajstić information content (AvgIpc) is 3.51. The number of hydrogen-bond donors (Lipinski definition) is 6. The van der Waals surface area contributed by atoms with Crippen LogP contribution in [0.1, 0.15) is 22.3 Å². The van der Waals surface area contributed by atoms with E-state index in [1.807, 2.05) is 0 Å². The standard InChI is InChI=1S/C53H44N14O13S4.4Na/c1-31-25-37(9-19-45(31)62-60-39-11-21-47(33(3)27-39)64-66-49-23-13-41(29-51(49)83(75,76)77)58-56-35-5-15-43(16-6-35)81(69,70)71)54-53(68)55-38-10-20-46(32(2)26-38)63-61-40-12-22-48(34(4)28-40)65-67-50-24-14-42(30-52(50)84(78,79)80)59-57-36-7-17-44(18-8-36)82(72,73)74;;;;/h5-30H,1-4H3,(H2,54,55,68)(H,69,70,71)(H,72,73,74)(H,75,76,77)(H,78,79,80);;;;. The smallest absolute Gasteiger partial charge is 0.308 e. The van der Waals surface area contributed by atoms with Crippen LogP contribution in [0.5, 0.6) is 0 Å². The van der Waals surface area contributed by atoms with Gasteiger partial charge in [0.1, 0.15) is 21.2 Å². The van der Waals surface area contributed by atoms with Crippen LogP contribution in [-0.2, 0) is 40.5 Å². The Labute approximate surface area is 593 Å². The second-order valence-electron chi connectivity index (χ2n) is 17.9. The zero-order valence-corrected chi connectivity index (χ0v) is 59.2. The van der Waals surface area contributed by atoms with Gasteiger partial charge in [-0.15, -0.1) is 10.2 Å².